The molecule has 2 amide bonds. The van der Waals surface area contributed by atoms with Crippen molar-refractivity contribution in [2.45, 2.75) is 39.3 Å². The Morgan fingerprint density at radius 1 is 1.30 bits per heavy atom. The maximum absolute atomic E-state index is 12.7. The quantitative estimate of drug-likeness (QED) is 0.858. The fraction of sp³-hybridized carbons (Fsp3) is 0.389. The van der Waals surface area contributed by atoms with Crippen LogP contribution in [0.25, 0.3) is 0 Å². The molecule has 0 saturated carbocycles. The van der Waals surface area contributed by atoms with Crippen molar-refractivity contribution in [2.75, 3.05) is 11.9 Å². The van der Waals surface area contributed by atoms with Crippen molar-refractivity contribution < 1.29 is 4.79 Å². The van der Waals surface area contributed by atoms with Gasteiger partial charge in [0.15, 0.2) is 0 Å². The van der Waals surface area contributed by atoms with Crippen LogP contribution < -0.4 is 5.32 Å². The lowest BCUT2D eigenvalue weighted by molar-refractivity contribution is 0.162. The van der Waals surface area contributed by atoms with Gasteiger partial charge in [0, 0.05) is 35.2 Å². The Labute approximate surface area is 142 Å². The van der Waals surface area contributed by atoms with Crippen molar-refractivity contribution in [3.63, 3.8) is 0 Å². The van der Waals surface area contributed by atoms with E-state index in [0.717, 1.165) is 31.6 Å². The predicted octanol–water partition coefficient (Wildman–Crippen LogP) is 4.84. The lowest BCUT2D eigenvalue weighted by atomic mass is 10.0. The summed E-state index contributed by atoms with van der Waals surface area (Å²) in [5.41, 5.74) is 3.22. The third-order valence-corrected chi connectivity index (χ3v) is 4.65. The van der Waals surface area contributed by atoms with Crippen molar-refractivity contribution in [3.05, 3.63) is 52.8 Å². The van der Waals surface area contributed by atoms with Gasteiger partial charge in [-0.2, -0.15) is 0 Å². The van der Waals surface area contributed by atoms with Crippen molar-refractivity contribution in [1.29, 1.82) is 0 Å². The second-order valence-electron chi connectivity index (χ2n) is 5.99. The molecule has 4 nitrogen and oxygen atoms in total. The Bertz CT molecular complexity index is 710. The largest absolute Gasteiger partial charge is 0.345 e. The van der Waals surface area contributed by atoms with E-state index in [4.69, 9.17) is 11.6 Å². The van der Waals surface area contributed by atoms with Gasteiger partial charge in [-0.1, -0.05) is 31.0 Å². The number of hydrogen-bond acceptors (Lipinski definition) is 1. The summed E-state index contributed by atoms with van der Waals surface area (Å²) in [6, 6.07) is 11.6. The first-order valence-electron chi connectivity index (χ1n) is 8.09. The lowest BCUT2D eigenvalue weighted by Gasteiger charge is -2.37. The maximum atomic E-state index is 12.7. The third kappa shape index (κ3) is 3.22. The van der Waals surface area contributed by atoms with Gasteiger partial charge in [-0.05, 0) is 43.7 Å². The summed E-state index contributed by atoms with van der Waals surface area (Å²) in [5, 5.41) is 3.59. The van der Waals surface area contributed by atoms with Gasteiger partial charge in [0.2, 0.25) is 0 Å². The number of amides is 2. The van der Waals surface area contributed by atoms with Crippen LogP contribution in [0.4, 0.5) is 10.5 Å². The molecule has 3 rings (SSSR count). The smallest absolute Gasteiger partial charge is 0.322 e. The Kier molecular flexibility index (Phi) is 4.62. The van der Waals surface area contributed by atoms with Crippen LogP contribution in [-0.2, 0) is 6.54 Å². The van der Waals surface area contributed by atoms with Crippen LogP contribution in [-0.4, -0.2) is 22.0 Å². The van der Waals surface area contributed by atoms with Crippen LogP contribution in [0.3, 0.4) is 0 Å². The fourth-order valence-electron chi connectivity index (χ4n) is 3.29. The number of carbonyl (C=O) groups excluding carboxylic acids is 1. The van der Waals surface area contributed by atoms with Crippen LogP contribution in [0, 0.1) is 6.92 Å². The maximum Gasteiger partial charge on any atom is 0.322 e. The molecule has 0 bridgehead atoms. The number of nitrogens with zero attached hydrogens (tertiary/aromatic N) is 2. The molecule has 0 aliphatic carbocycles. The number of hydrogen-bond donors (Lipinski definition) is 1. The molecule has 0 radical (unpaired) electrons. The molecule has 23 heavy (non-hydrogen) atoms. The molecule has 1 atom stereocenters. The molecular weight excluding hydrogens is 310 g/mol. The van der Waals surface area contributed by atoms with Gasteiger partial charge in [-0.15, -0.1) is 0 Å². The van der Waals surface area contributed by atoms with Crippen LogP contribution in [0.1, 0.15) is 37.2 Å². The SMILES string of the molecule is CCC[C@H]1c2ccc(C)n2CCN1C(=O)Nc1cccc(Cl)c1. The van der Waals surface area contributed by atoms with Gasteiger partial charge in [-0.3, -0.25) is 0 Å². The monoisotopic (exact) mass is 331 g/mol. The molecule has 1 aromatic carbocycles. The van der Waals surface area contributed by atoms with E-state index in [-0.39, 0.29) is 12.1 Å². The van der Waals surface area contributed by atoms with Gasteiger partial charge in [0.25, 0.3) is 0 Å². The minimum absolute atomic E-state index is 0.0594. The van der Waals surface area contributed by atoms with Crippen molar-refractivity contribution in [3.8, 4) is 0 Å². The van der Waals surface area contributed by atoms with E-state index in [2.05, 4.69) is 35.9 Å². The average Bonchev–Trinajstić information content (AvgIpc) is 2.90. The topological polar surface area (TPSA) is 37.3 Å². The minimum atomic E-state index is -0.0594. The number of urea groups is 1. The van der Waals surface area contributed by atoms with Gasteiger partial charge in [0.05, 0.1) is 6.04 Å². The number of aryl methyl sites for hydroxylation is 1. The summed E-state index contributed by atoms with van der Waals surface area (Å²) in [4.78, 5) is 14.7. The van der Waals surface area contributed by atoms with Crippen LogP contribution in [0.2, 0.25) is 5.02 Å². The van der Waals surface area contributed by atoms with Gasteiger partial charge in [0.1, 0.15) is 0 Å². The van der Waals surface area contributed by atoms with E-state index in [0.29, 0.717) is 5.02 Å². The summed E-state index contributed by atoms with van der Waals surface area (Å²) in [5.74, 6) is 0. The summed E-state index contributed by atoms with van der Waals surface area (Å²) in [6.45, 7) is 5.84. The van der Waals surface area contributed by atoms with E-state index in [1.165, 1.54) is 11.4 Å². The van der Waals surface area contributed by atoms with E-state index in [9.17, 15) is 4.79 Å². The molecule has 122 valence electrons. The van der Waals surface area contributed by atoms with Crippen LogP contribution in [0.15, 0.2) is 36.4 Å². The summed E-state index contributed by atoms with van der Waals surface area (Å²) >= 11 is 5.99. The number of rotatable bonds is 3. The number of carbonyl (C=O) groups is 1. The number of fused-ring (bicyclic) bond motifs is 1. The van der Waals surface area contributed by atoms with E-state index in [1.54, 1.807) is 12.1 Å². The molecule has 0 fully saturated rings. The van der Waals surface area contributed by atoms with E-state index >= 15 is 0 Å². The van der Waals surface area contributed by atoms with Crippen molar-refractivity contribution in [1.82, 2.24) is 9.47 Å². The molecule has 2 heterocycles. The second kappa shape index (κ2) is 6.67. The highest BCUT2D eigenvalue weighted by molar-refractivity contribution is 6.30. The van der Waals surface area contributed by atoms with E-state index < -0.39 is 0 Å². The molecule has 1 aliphatic heterocycles. The van der Waals surface area contributed by atoms with Gasteiger partial charge >= 0.3 is 6.03 Å². The third-order valence-electron chi connectivity index (χ3n) is 4.41. The second-order valence-corrected chi connectivity index (χ2v) is 6.43. The molecule has 1 N–H and O–H groups in total. The highest BCUT2D eigenvalue weighted by Gasteiger charge is 2.31. The van der Waals surface area contributed by atoms with E-state index in [1.807, 2.05) is 17.0 Å². The van der Waals surface area contributed by atoms with Crippen LogP contribution in [0.5, 0.6) is 0 Å². The van der Waals surface area contributed by atoms with Crippen LogP contribution >= 0.6 is 11.6 Å². The fourth-order valence-corrected chi connectivity index (χ4v) is 3.48. The predicted molar refractivity (Wildman–Crippen MR) is 94.0 cm³/mol. The number of benzene rings is 1. The number of halogens is 1. The molecule has 2 aromatic rings. The molecule has 0 spiro atoms. The molecule has 0 saturated heterocycles. The zero-order chi connectivity index (χ0) is 16.4. The molecular formula is C18H22ClN3O. The first-order chi connectivity index (χ1) is 11.1. The Morgan fingerprint density at radius 3 is 2.87 bits per heavy atom. The summed E-state index contributed by atoms with van der Waals surface area (Å²) in [6.07, 6.45) is 2.00. The lowest BCUT2D eigenvalue weighted by Crippen LogP contribution is -2.44. The summed E-state index contributed by atoms with van der Waals surface area (Å²) < 4.78 is 2.32. The zero-order valence-electron chi connectivity index (χ0n) is 13.6. The summed E-state index contributed by atoms with van der Waals surface area (Å²) in [7, 11) is 0. The first kappa shape index (κ1) is 15.9. The zero-order valence-corrected chi connectivity index (χ0v) is 14.3. The van der Waals surface area contributed by atoms with Crippen molar-refractivity contribution in [2.24, 2.45) is 0 Å². The van der Waals surface area contributed by atoms with Gasteiger partial charge in [-0.25, -0.2) is 4.79 Å². The van der Waals surface area contributed by atoms with Gasteiger partial charge < -0.3 is 14.8 Å². The van der Waals surface area contributed by atoms with Crippen molar-refractivity contribution >= 4 is 23.3 Å². The normalized spacial score (nSPS) is 17.0. The molecule has 1 aromatic heterocycles. The number of nitrogens with one attached hydrogen (secondary N) is 1. The Balaban J connectivity index is 1.82. The number of aromatic nitrogens is 1. The highest BCUT2D eigenvalue weighted by Crippen LogP contribution is 2.32. The molecule has 1 aliphatic rings. The molecule has 0 unspecified atom stereocenters. The number of anilines is 1. The Hall–Kier alpha value is -1.94. The first-order valence-corrected chi connectivity index (χ1v) is 8.47. The standard InChI is InChI=1S/C18H22ClN3O/c1-3-5-16-17-9-8-13(2)21(17)10-11-22(16)18(23)20-15-7-4-6-14(19)12-15/h4,6-9,12,16H,3,5,10-11H2,1-2H3,(H,20,23)/t16-/m0/s1. The Morgan fingerprint density at radius 2 is 2.13 bits per heavy atom. The highest BCUT2D eigenvalue weighted by atomic mass is 35.5. The minimum Gasteiger partial charge on any atom is -0.345 e. The molecule has 5 heteroatoms. The average molecular weight is 332 g/mol.